The summed E-state index contributed by atoms with van der Waals surface area (Å²) in [6, 6.07) is 10.5. The molecule has 8 heteroatoms. The molecule has 0 aliphatic heterocycles. The van der Waals surface area contributed by atoms with Crippen molar-refractivity contribution in [2.75, 3.05) is 6.54 Å². The quantitative estimate of drug-likeness (QED) is 0.512. The summed E-state index contributed by atoms with van der Waals surface area (Å²) >= 11 is 5.59. The molecule has 170 valence electrons. The SMILES string of the molecule is CC(C)c1cc2c(=S)n(-c3ccc(CCNC(=O)OC(C)(C)C)cc3)c(=O)oc2cc1O. The number of ether oxygens (including phenoxy) is 1. The van der Waals surface area contributed by atoms with Crippen LogP contribution in [0.2, 0.25) is 0 Å². The van der Waals surface area contributed by atoms with Crippen molar-refractivity contribution >= 4 is 29.3 Å². The van der Waals surface area contributed by atoms with Crippen LogP contribution in [0.4, 0.5) is 4.79 Å². The summed E-state index contributed by atoms with van der Waals surface area (Å²) in [6.07, 6.45) is 0.148. The Balaban J connectivity index is 1.83. The van der Waals surface area contributed by atoms with Gasteiger partial charge < -0.3 is 19.6 Å². The summed E-state index contributed by atoms with van der Waals surface area (Å²) in [4.78, 5) is 24.4. The van der Waals surface area contributed by atoms with Crippen molar-refractivity contribution in [2.24, 2.45) is 0 Å². The summed E-state index contributed by atoms with van der Waals surface area (Å²) in [6.45, 7) is 9.79. The lowest BCUT2D eigenvalue weighted by molar-refractivity contribution is 0.0528. The number of benzene rings is 2. The molecule has 1 amide bonds. The molecule has 0 unspecified atom stereocenters. The lowest BCUT2D eigenvalue weighted by atomic mass is 10.0. The maximum absolute atomic E-state index is 12.6. The van der Waals surface area contributed by atoms with Crippen LogP contribution >= 0.6 is 12.2 Å². The van der Waals surface area contributed by atoms with E-state index in [0.717, 1.165) is 11.1 Å². The van der Waals surface area contributed by atoms with Gasteiger partial charge in [-0.05, 0) is 62.4 Å². The molecule has 32 heavy (non-hydrogen) atoms. The zero-order chi connectivity index (χ0) is 23.6. The molecule has 7 nitrogen and oxygen atoms in total. The van der Waals surface area contributed by atoms with Gasteiger partial charge in [0, 0.05) is 12.6 Å². The number of aromatic nitrogens is 1. The Morgan fingerprint density at radius 1 is 1.22 bits per heavy atom. The van der Waals surface area contributed by atoms with E-state index in [0.29, 0.717) is 28.7 Å². The number of amides is 1. The number of aromatic hydroxyl groups is 1. The van der Waals surface area contributed by atoms with Gasteiger partial charge in [0.2, 0.25) is 0 Å². The van der Waals surface area contributed by atoms with Crippen LogP contribution in [0.25, 0.3) is 16.7 Å². The molecule has 0 aliphatic rings. The van der Waals surface area contributed by atoms with Crippen molar-refractivity contribution in [3.8, 4) is 11.4 Å². The minimum Gasteiger partial charge on any atom is -0.508 e. The number of phenolic OH excluding ortho intramolecular Hbond substituents is 1. The fourth-order valence-electron chi connectivity index (χ4n) is 3.30. The highest BCUT2D eigenvalue weighted by Crippen LogP contribution is 2.30. The first-order valence-electron chi connectivity index (χ1n) is 10.4. The molecular formula is C24H28N2O5S. The molecule has 0 spiro atoms. The first kappa shape index (κ1) is 23.5. The number of hydrogen-bond acceptors (Lipinski definition) is 6. The van der Waals surface area contributed by atoms with Crippen LogP contribution in [0.15, 0.2) is 45.6 Å². The van der Waals surface area contributed by atoms with Crippen molar-refractivity contribution < 1.29 is 19.1 Å². The topological polar surface area (TPSA) is 93.7 Å². The maximum atomic E-state index is 12.6. The summed E-state index contributed by atoms with van der Waals surface area (Å²) < 4.78 is 12.3. The van der Waals surface area contributed by atoms with E-state index in [2.05, 4.69) is 5.32 Å². The van der Waals surface area contributed by atoms with Crippen LogP contribution in [0.3, 0.4) is 0 Å². The molecule has 2 N–H and O–H groups in total. The number of hydrogen-bond donors (Lipinski definition) is 2. The zero-order valence-corrected chi connectivity index (χ0v) is 19.7. The highest BCUT2D eigenvalue weighted by atomic mass is 32.1. The van der Waals surface area contributed by atoms with E-state index in [4.69, 9.17) is 21.4 Å². The van der Waals surface area contributed by atoms with E-state index < -0.39 is 17.5 Å². The molecule has 0 aliphatic carbocycles. The third-order valence-electron chi connectivity index (χ3n) is 4.84. The standard InChI is InChI=1S/C24H28N2O5S/c1-14(2)17-12-18-20(13-19(17)27)30-23(29)26(21(18)32)16-8-6-15(7-9-16)10-11-25-22(28)31-24(3,4)5/h6-9,12-14,27H,10-11H2,1-5H3,(H,25,28). The minimum absolute atomic E-state index is 0.0761. The Labute approximate surface area is 191 Å². The van der Waals surface area contributed by atoms with Crippen LogP contribution in [0.1, 0.15) is 51.7 Å². The molecule has 0 saturated carbocycles. The highest BCUT2D eigenvalue weighted by molar-refractivity contribution is 7.71. The van der Waals surface area contributed by atoms with Gasteiger partial charge in [-0.2, -0.15) is 0 Å². The summed E-state index contributed by atoms with van der Waals surface area (Å²) in [5.74, 6) is -0.464. The molecule has 0 saturated heterocycles. The number of nitrogens with one attached hydrogen (secondary N) is 1. The molecule has 1 heterocycles. The second kappa shape index (κ2) is 9.16. The summed E-state index contributed by atoms with van der Waals surface area (Å²) in [5, 5.41) is 13.5. The number of phenols is 1. The predicted molar refractivity (Wildman–Crippen MR) is 126 cm³/mol. The van der Waals surface area contributed by atoms with Gasteiger partial charge in [0.1, 0.15) is 21.6 Å². The number of rotatable bonds is 5. The van der Waals surface area contributed by atoms with E-state index in [9.17, 15) is 14.7 Å². The molecule has 0 atom stereocenters. The van der Waals surface area contributed by atoms with Crippen LogP contribution in [0.5, 0.6) is 5.75 Å². The van der Waals surface area contributed by atoms with E-state index >= 15 is 0 Å². The van der Waals surface area contributed by atoms with Gasteiger partial charge in [0.05, 0.1) is 11.1 Å². The lowest BCUT2D eigenvalue weighted by Crippen LogP contribution is -2.33. The van der Waals surface area contributed by atoms with Gasteiger partial charge >= 0.3 is 11.8 Å². The first-order valence-corrected chi connectivity index (χ1v) is 10.9. The van der Waals surface area contributed by atoms with E-state index in [1.165, 1.54) is 10.6 Å². The second-order valence-corrected chi connectivity index (χ2v) is 9.30. The van der Waals surface area contributed by atoms with Crippen molar-refractivity contribution in [3.63, 3.8) is 0 Å². The third kappa shape index (κ3) is 5.37. The fraction of sp³-hybridized carbons (Fsp3) is 0.375. The van der Waals surface area contributed by atoms with Gasteiger partial charge in [-0.1, -0.05) is 38.2 Å². The van der Waals surface area contributed by atoms with Crippen molar-refractivity contribution in [1.82, 2.24) is 9.88 Å². The Hall–Kier alpha value is -3.13. The van der Waals surface area contributed by atoms with Crippen LogP contribution < -0.4 is 11.1 Å². The van der Waals surface area contributed by atoms with Crippen LogP contribution in [0, 0.1) is 4.64 Å². The average Bonchev–Trinajstić information content (AvgIpc) is 2.67. The van der Waals surface area contributed by atoms with Gasteiger partial charge in [0.25, 0.3) is 0 Å². The van der Waals surface area contributed by atoms with Gasteiger partial charge in [-0.25, -0.2) is 14.2 Å². The number of fused-ring (bicyclic) bond motifs is 1. The van der Waals surface area contributed by atoms with Gasteiger partial charge in [-0.15, -0.1) is 0 Å². The highest BCUT2D eigenvalue weighted by Gasteiger charge is 2.16. The second-order valence-electron chi connectivity index (χ2n) is 8.92. The molecule has 1 aromatic heterocycles. The van der Waals surface area contributed by atoms with E-state index in [1.54, 1.807) is 18.2 Å². The average molecular weight is 457 g/mol. The van der Waals surface area contributed by atoms with Gasteiger partial charge in [0.15, 0.2) is 0 Å². The predicted octanol–water partition coefficient (Wildman–Crippen LogP) is 5.21. The lowest BCUT2D eigenvalue weighted by Gasteiger charge is -2.19. The van der Waals surface area contributed by atoms with Gasteiger partial charge in [-0.3, -0.25) is 0 Å². The third-order valence-corrected chi connectivity index (χ3v) is 5.24. The number of nitrogens with zero attached hydrogens (tertiary/aromatic N) is 1. The molecule has 3 rings (SSSR count). The Morgan fingerprint density at radius 3 is 2.47 bits per heavy atom. The van der Waals surface area contributed by atoms with E-state index in [-0.39, 0.29) is 17.3 Å². The Bertz CT molecular complexity index is 1250. The van der Waals surface area contributed by atoms with Crippen LogP contribution in [-0.2, 0) is 11.2 Å². The normalized spacial score (nSPS) is 11.7. The number of alkyl carbamates (subject to hydrolysis) is 1. The number of carbonyl (C=O) groups is 1. The summed E-state index contributed by atoms with van der Waals surface area (Å²) in [5.41, 5.74) is 2.00. The largest absolute Gasteiger partial charge is 0.508 e. The smallest absolute Gasteiger partial charge is 0.425 e. The van der Waals surface area contributed by atoms with Crippen molar-refractivity contribution in [1.29, 1.82) is 0 Å². The van der Waals surface area contributed by atoms with Crippen LogP contribution in [-0.4, -0.2) is 27.9 Å². The molecule has 0 fully saturated rings. The molecule has 0 bridgehead atoms. The maximum Gasteiger partial charge on any atom is 0.425 e. The molecule has 0 radical (unpaired) electrons. The van der Waals surface area contributed by atoms with Crippen molar-refractivity contribution in [2.45, 2.75) is 52.6 Å². The molecule has 3 aromatic rings. The molecule has 2 aromatic carbocycles. The van der Waals surface area contributed by atoms with E-state index in [1.807, 2.05) is 46.8 Å². The first-order chi connectivity index (χ1) is 15.0. The van der Waals surface area contributed by atoms with Crippen molar-refractivity contribution in [3.05, 3.63) is 62.7 Å². The number of carbonyl (C=O) groups excluding carboxylic acids is 1. The molecular weight excluding hydrogens is 428 g/mol. The fourth-order valence-corrected chi connectivity index (χ4v) is 3.64. The Kier molecular flexibility index (Phi) is 6.74. The minimum atomic E-state index is -0.626. The summed E-state index contributed by atoms with van der Waals surface area (Å²) in [7, 11) is 0. The monoisotopic (exact) mass is 456 g/mol. The Morgan fingerprint density at radius 2 is 1.88 bits per heavy atom. The zero-order valence-electron chi connectivity index (χ0n) is 18.9.